The van der Waals surface area contributed by atoms with Crippen LogP contribution < -0.4 is 9.64 Å². The summed E-state index contributed by atoms with van der Waals surface area (Å²) in [7, 11) is 3.50. The van der Waals surface area contributed by atoms with Crippen LogP contribution in [-0.2, 0) is 4.79 Å². The van der Waals surface area contributed by atoms with E-state index in [9.17, 15) is 4.79 Å². The van der Waals surface area contributed by atoms with Crippen molar-refractivity contribution in [3.63, 3.8) is 0 Å². The van der Waals surface area contributed by atoms with Crippen LogP contribution in [0.25, 0.3) is 32.9 Å². The molecule has 6 rings (SSSR count). The predicted molar refractivity (Wildman–Crippen MR) is 127 cm³/mol. The summed E-state index contributed by atoms with van der Waals surface area (Å²) in [5.74, 6) is 1.00. The number of rotatable bonds is 3. The molecule has 0 fully saturated rings. The van der Waals surface area contributed by atoms with Gasteiger partial charge in [0.15, 0.2) is 0 Å². The molecule has 1 atom stereocenters. The summed E-state index contributed by atoms with van der Waals surface area (Å²) >= 11 is 0. The first kappa shape index (κ1) is 18.7. The van der Waals surface area contributed by atoms with Crippen LogP contribution in [-0.4, -0.2) is 20.1 Å². The normalized spacial score (nSPS) is 15.5. The Morgan fingerprint density at radius 3 is 2.47 bits per heavy atom. The minimum absolute atomic E-state index is 0.0179. The average molecular weight is 419 g/mol. The molecule has 0 saturated heterocycles. The average Bonchev–Trinajstić information content (AvgIpc) is 3.34. The van der Waals surface area contributed by atoms with Crippen LogP contribution in [0.5, 0.6) is 5.75 Å². The number of amides is 1. The molecule has 0 bridgehead atoms. The molecule has 4 aromatic carbocycles. The van der Waals surface area contributed by atoms with E-state index < -0.39 is 5.92 Å². The first-order chi connectivity index (χ1) is 15.7. The van der Waals surface area contributed by atoms with Gasteiger partial charge < -0.3 is 14.1 Å². The van der Waals surface area contributed by atoms with Gasteiger partial charge in [-0.05, 0) is 46.2 Å². The molecule has 1 aliphatic rings. The maximum absolute atomic E-state index is 13.4. The molecule has 4 heteroatoms. The second-order valence-corrected chi connectivity index (χ2v) is 8.12. The Labute approximate surface area is 185 Å². The van der Waals surface area contributed by atoms with Crippen LogP contribution in [0.1, 0.15) is 17.2 Å². The number of anilines is 1. The molecule has 4 nitrogen and oxygen atoms in total. The molecule has 156 valence electrons. The molecular formula is C28H21NO3. The van der Waals surface area contributed by atoms with E-state index in [2.05, 4.69) is 24.3 Å². The standard InChI is InChI=1S/C28H21NO3/c1-29-22-11-7-6-10-20(22)26(28(29)30)27-24(18-8-4-3-5-9-18)25-21-16-19(31-2)14-12-17(21)13-15-23(25)32-27/h3-16,26H,1-2H3. The van der Waals surface area contributed by atoms with Crippen molar-refractivity contribution in [3.05, 3.63) is 96.3 Å². The maximum atomic E-state index is 13.4. The zero-order valence-corrected chi connectivity index (χ0v) is 17.8. The molecule has 5 aromatic rings. The number of para-hydroxylation sites is 1. The second kappa shape index (κ2) is 6.99. The molecule has 1 aromatic heterocycles. The lowest BCUT2D eigenvalue weighted by atomic mass is 9.90. The molecule has 1 amide bonds. The number of carbonyl (C=O) groups excluding carboxylic acids is 1. The van der Waals surface area contributed by atoms with Gasteiger partial charge in [-0.3, -0.25) is 4.79 Å². The highest BCUT2D eigenvalue weighted by Gasteiger charge is 2.40. The predicted octanol–water partition coefficient (Wildman–Crippen LogP) is 6.37. The van der Waals surface area contributed by atoms with E-state index in [1.54, 1.807) is 12.0 Å². The molecule has 2 heterocycles. The summed E-state index contributed by atoms with van der Waals surface area (Å²) in [6.07, 6.45) is 0. The summed E-state index contributed by atoms with van der Waals surface area (Å²) < 4.78 is 12.0. The largest absolute Gasteiger partial charge is 0.497 e. The van der Waals surface area contributed by atoms with Crippen LogP contribution in [0.15, 0.2) is 89.3 Å². The number of ether oxygens (including phenoxy) is 1. The van der Waals surface area contributed by atoms with Gasteiger partial charge in [0.05, 0.1) is 7.11 Å². The highest BCUT2D eigenvalue weighted by atomic mass is 16.5. The third-order valence-electron chi connectivity index (χ3n) is 6.42. The van der Waals surface area contributed by atoms with Crippen LogP contribution in [0.4, 0.5) is 5.69 Å². The third kappa shape index (κ3) is 2.59. The first-order valence-electron chi connectivity index (χ1n) is 10.6. The number of carbonyl (C=O) groups is 1. The Morgan fingerprint density at radius 1 is 0.906 bits per heavy atom. The van der Waals surface area contributed by atoms with Gasteiger partial charge in [0.25, 0.3) is 0 Å². The number of likely N-dealkylation sites (N-methyl/N-ethyl adjacent to an activating group) is 1. The van der Waals surface area contributed by atoms with Gasteiger partial charge in [-0.2, -0.15) is 0 Å². The first-order valence-corrected chi connectivity index (χ1v) is 10.6. The number of hydrogen-bond donors (Lipinski definition) is 0. The SMILES string of the molecule is COc1ccc2ccc3oc(C4C(=O)N(C)c5ccccc54)c(-c4ccccc4)c3c2c1. The zero-order valence-electron chi connectivity index (χ0n) is 17.8. The van der Waals surface area contributed by atoms with E-state index >= 15 is 0 Å². The quantitative estimate of drug-likeness (QED) is 0.341. The number of methoxy groups -OCH3 is 1. The number of hydrogen-bond acceptors (Lipinski definition) is 3. The Balaban J connectivity index is 1.73. The Bertz CT molecular complexity index is 1500. The summed E-state index contributed by atoms with van der Waals surface area (Å²) in [5, 5.41) is 3.14. The van der Waals surface area contributed by atoms with Gasteiger partial charge >= 0.3 is 0 Å². The van der Waals surface area contributed by atoms with Crippen LogP contribution >= 0.6 is 0 Å². The number of nitrogens with zero attached hydrogens (tertiary/aromatic N) is 1. The van der Waals surface area contributed by atoms with Crippen molar-refractivity contribution >= 4 is 33.3 Å². The number of furan rings is 1. The van der Waals surface area contributed by atoms with Crippen molar-refractivity contribution < 1.29 is 13.9 Å². The summed E-state index contributed by atoms with van der Waals surface area (Å²) in [6, 6.07) is 28.2. The van der Waals surface area contributed by atoms with Gasteiger partial charge in [-0.25, -0.2) is 0 Å². The third-order valence-corrected chi connectivity index (χ3v) is 6.42. The van der Waals surface area contributed by atoms with Gasteiger partial charge in [-0.15, -0.1) is 0 Å². The molecule has 1 aliphatic heterocycles. The van der Waals surface area contributed by atoms with Gasteiger partial charge in [0.1, 0.15) is 23.0 Å². The Morgan fingerprint density at radius 2 is 1.66 bits per heavy atom. The fourth-order valence-corrected chi connectivity index (χ4v) is 4.87. The fourth-order valence-electron chi connectivity index (χ4n) is 4.87. The minimum Gasteiger partial charge on any atom is -0.497 e. The minimum atomic E-state index is -0.487. The highest BCUT2D eigenvalue weighted by Crippen LogP contribution is 2.48. The van der Waals surface area contributed by atoms with Gasteiger partial charge in [-0.1, -0.05) is 60.7 Å². The Kier molecular flexibility index (Phi) is 4.08. The lowest BCUT2D eigenvalue weighted by Gasteiger charge is -2.12. The summed E-state index contributed by atoms with van der Waals surface area (Å²) in [4.78, 5) is 15.2. The lowest BCUT2D eigenvalue weighted by molar-refractivity contribution is -0.118. The van der Waals surface area contributed by atoms with E-state index in [1.807, 2.05) is 67.7 Å². The Hall–Kier alpha value is -4.05. The van der Waals surface area contributed by atoms with Crippen LogP contribution in [0.2, 0.25) is 0 Å². The lowest BCUT2D eigenvalue weighted by Crippen LogP contribution is -2.24. The van der Waals surface area contributed by atoms with E-state index in [-0.39, 0.29) is 5.91 Å². The maximum Gasteiger partial charge on any atom is 0.242 e. The van der Waals surface area contributed by atoms with Gasteiger partial charge in [0, 0.05) is 23.7 Å². The summed E-state index contributed by atoms with van der Waals surface area (Å²) in [6.45, 7) is 0. The smallest absolute Gasteiger partial charge is 0.242 e. The van der Waals surface area contributed by atoms with Crippen molar-refractivity contribution in [3.8, 4) is 16.9 Å². The molecule has 0 N–H and O–H groups in total. The zero-order chi connectivity index (χ0) is 21.8. The topological polar surface area (TPSA) is 42.7 Å². The number of benzene rings is 4. The molecule has 0 aliphatic carbocycles. The fraction of sp³-hybridized carbons (Fsp3) is 0.107. The molecule has 0 radical (unpaired) electrons. The van der Waals surface area contributed by atoms with Crippen LogP contribution in [0.3, 0.4) is 0 Å². The van der Waals surface area contributed by atoms with E-state index in [1.165, 1.54) is 0 Å². The van der Waals surface area contributed by atoms with Crippen molar-refractivity contribution in [2.45, 2.75) is 5.92 Å². The van der Waals surface area contributed by atoms with E-state index in [0.717, 1.165) is 49.9 Å². The van der Waals surface area contributed by atoms with Crippen molar-refractivity contribution in [1.29, 1.82) is 0 Å². The molecule has 0 saturated carbocycles. The van der Waals surface area contributed by atoms with E-state index in [4.69, 9.17) is 9.15 Å². The molecular weight excluding hydrogens is 398 g/mol. The molecule has 1 unspecified atom stereocenters. The highest BCUT2D eigenvalue weighted by molar-refractivity contribution is 6.16. The number of fused-ring (bicyclic) bond motifs is 4. The van der Waals surface area contributed by atoms with Crippen LogP contribution in [0, 0.1) is 0 Å². The van der Waals surface area contributed by atoms with Gasteiger partial charge in [0.2, 0.25) is 5.91 Å². The van der Waals surface area contributed by atoms with Crippen molar-refractivity contribution in [2.24, 2.45) is 0 Å². The van der Waals surface area contributed by atoms with Crippen molar-refractivity contribution in [2.75, 3.05) is 19.1 Å². The van der Waals surface area contributed by atoms with E-state index in [0.29, 0.717) is 5.76 Å². The molecule has 0 spiro atoms. The monoisotopic (exact) mass is 419 g/mol. The molecule has 32 heavy (non-hydrogen) atoms. The second-order valence-electron chi connectivity index (χ2n) is 8.12. The van der Waals surface area contributed by atoms with Crippen molar-refractivity contribution in [1.82, 2.24) is 0 Å². The summed E-state index contributed by atoms with van der Waals surface area (Å²) in [5.41, 5.74) is 4.64.